The standard InChI is InChI=1S/C30H44N2O2/c1-3-9-28(10-4-1)25-34-30-14-12-29(13-15-30)33-23-18-26-16-21-32(22-17-26)20-6-2-5-8-27-11-7-19-31-24-27/h1,3-4,9-10,12-15,26-27,31H,2,5-8,11,16-25H2. The highest BCUT2D eigenvalue weighted by Crippen LogP contribution is 2.23. The molecule has 0 amide bonds. The lowest BCUT2D eigenvalue weighted by atomic mass is 9.93. The summed E-state index contributed by atoms with van der Waals surface area (Å²) in [6, 6.07) is 18.3. The van der Waals surface area contributed by atoms with Gasteiger partial charge in [-0.05, 0) is 119 Å². The van der Waals surface area contributed by atoms with Crippen LogP contribution < -0.4 is 14.8 Å². The van der Waals surface area contributed by atoms with E-state index in [4.69, 9.17) is 9.47 Å². The highest BCUT2D eigenvalue weighted by atomic mass is 16.5. The molecule has 0 saturated carbocycles. The quantitative estimate of drug-likeness (QED) is 0.352. The van der Waals surface area contributed by atoms with Crippen LogP contribution in [0.4, 0.5) is 0 Å². The van der Waals surface area contributed by atoms with Gasteiger partial charge in [0.25, 0.3) is 0 Å². The average Bonchev–Trinajstić information content (AvgIpc) is 2.90. The van der Waals surface area contributed by atoms with E-state index in [0.29, 0.717) is 6.61 Å². The fraction of sp³-hybridized carbons (Fsp3) is 0.600. The number of unbranched alkanes of at least 4 members (excludes halogenated alkanes) is 2. The second-order valence-corrected chi connectivity index (χ2v) is 10.2. The maximum atomic E-state index is 6.02. The molecule has 0 aliphatic carbocycles. The molecule has 34 heavy (non-hydrogen) atoms. The molecule has 2 heterocycles. The van der Waals surface area contributed by atoms with Gasteiger partial charge in [0.1, 0.15) is 18.1 Å². The molecule has 2 fully saturated rings. The molecule has 2 aliphatic heterocycles. The minimum atomic E-state index is 0.595. The Morgan fingerprint density at radius 2 is 1.53 bits per heavy atom. The summed E-state index contributed by atoms with van der Waals surface area (Å²) in [5, 5.41) is 3.54. The van der Waals surface area contributed by atoms with E-state index < -0.39 is 0 Å². The zero-order chi connectivity index (χ0) is 23.3. The molecule has 4 heteroatoms. The Morgan fingerprint density at radius 3 is 2.26 bits per heavy atom. The van der Waals surface area contributed by atoms with Crippen LogP contribution in [-0.4, -0.2) is 44.2 Å². The minimum Gasteiger partial charge on any atom is -0.494 e. The summed E-state index contributed by atoms with van der Waals surface area (Å²) in [6.45, 7) is 7.73. The molecule has 186 valence electrons. The van der Waals surface area contributed by atoms with E-state index in [1.165, 1.54) is 89.7 Å². The number of benzene rings is 2. The maximum absolute atomic E-state index is 6.02. The Labute approximate surface area is 207 Å². The van der Waals surface area contributed by atoms with E-state index in [2.05, 4.69) is 22.3 Å². The molecule has 4 nitrogen and oxygen atoms in total. The van der Waals surface area contributed by atoms with Crippen molar-refractivity contribution < 1.29 is 9.47 Å². The fourth-order valence-electron chi connectivity index (χ4n) is 5.33. The van der Waals surface area contributed by atoms with Crippen LogP contribution in [0.2, 0.25) is 0 Å². The molecule has 4 rings (SSSR count). The lowest BCUT2D eigenvalue weighted by Gasteiger charge is -2.32. The van der Waals surface area contributed by atoms with Crippen molar-refractivity contribution in [1.29, 1.82) is 0 Å². The van der Waals surface area contributed by atoms with E-state index >= 15 is 0 Å². The van der Waals surface area contributed by atoms with Crippen LogP contribution in [0.3, 0.4) is 0 Å². The predicted octanol–water partition coefficient (Wildman–Crippen LogP) is 6.31. The van der Waals surface area contributed by atoms with Gasteiger partial charge in [-0.1, -0.05) is 43.2 Å². The van der Waals surface area contributed by atoms with Crippen molar-refractivity contribution >= 4 is 0 Å². The molecule has 2 aromatic rings. The number of ether oxygens (including phenoxy) is 2. The molecule has 2 aromatic carbocycles. The summed E-state index contributed by atoms with van der Waals surface area (Å²) in [7, 11) is 0. The molecular weight excluding hydrogens is 420 g/mol. The summed E-state index contributed by atoms with van der Waals surface area (Å²) in [4.78, 5) is 2.69. The lowest BCUT2D eigenvalue weighted by molar-refractivity contribution is 0.161. The number of piperidine rings is 2. The first kappa shape index (κ1) is 25.1. The van der Waals surface area contributed by atoms with Crippen molar-refractivity contribution in [2.75, 3.05) is 39.3 Å². The number of nitrogens with zero attached hydrogens (tertiary/aromatic N) is 1. The van der Waals surface area contributed by atoms with Gasteiger partial charge in [0, 0.05) is 0 Å². The molecule has 1 N–H and O–H groups in total. The van der Waals surface area contributed by atoms with Crippen LogP contribution in [0.25, 0.3) is 0 Å². The first-order valence-electron chi connectivity index (χ1n) is 13.7. The summed E-state index contributed by atoms with van der Waals surface area (Å²) >= 11 is 0. The minimum absolute atomic E-state index is 0.595. The van der Waals surface area contributed by atoms with Crippen LogP contribution >= 0.6 is 0 Å². The van der Waals surface area contributed by atoms with Crippen LogP contribution in [0, 0.1) is 11.8 Å². The van der Waals surface area contributed by atoms with E-state index in [0.717, 1.165) is 36.4 Å². The predicted molar refractivity (Wildman–Crippen MR) is 141 cm³/mol. The van der Waals surface area contributed by atoms with Crippen molar-refractivity contribution in [1.82, 2.24) is 10.2 Å². The Bertz CT molecular complexity index is 781. The van der Waals surface area contributed by atoms with Crippen molar-refractivity contribution in [3.8, 4) is 11.5 Å². The number of nitrogens with one attached hydrogen (secondary N) is 1. The van der Waals surface area contributed by atoms with Crippen molar-refractivity contribution in [2.24, 2.45) is 11.8 Å². The molecule has 0 aromatic heterocycles. The smallest absolute Gasteiger partial charge is 0.120 e. The van der Waals surface area contributed by atoms with Gasteiger partial charge >= 0.3 is 0 Å². The van der Waals surface area contributed by atoms with Gasteiger partial charge in [0.05, 0.1) is 6.61 Å². The van der Waals surface area contributed by atoms with Crippen molar-refractivity contribution in [3.05, 3.63) is 60.2 Å². The SMILES string of the molecule is c1ccc(COc2ccc(OCCC3CCN(CCCCCC4CCCNC4)CC3)cc2)cc1. The van der Waals surface area contributed by atoms with E-state index in [1.54, 1.807) is 0 Å². The number of hydrogen-bond donors (Lipinski definition) is 1. The first-order valence-corrected chi connectivity index (χ1v) is 13.7. The third-order valence-corrected chi connectivity index (χ3v) is 7.56. The lowest BCUT2D eigenvalue weighted by Crippen LogP contribution is -2.34. The summed E-state index contributed by atoms with van der Waals surface area (Å²) < 4.78 is 11.9. The molecule has 0 radical (unpaired) electrons. The highest BCUT2D eigenvalue weighted by Gasteiger charge is 2.19. The van der Waals surface area contributed by atoms with Crippen LogP contribution in [0.15, 0.2) is 54.6 Å². The number of rotatable bonds is 13. The van der Waals surface area contributed by atoms with Gasteiger partial charge in [0.2, 0.25) is 0 Å². The fourth-order valence-corrected chi connectivity index (χ4v) is 5.33. The van der Waals surface area contributed by atoms with Crippen molar-refractivity contribution in [2.45, 2.75) is 64.4 Å². The van der Waals surface area contributed by atoms with E-state index in [-0.39, 0.29) is 0 Å². The molecule has 2 aliphatic rings. The van der Waals surface area contributed by atoms with Crippen LogP contribution in [0.5, 0.6) is 11.5 Å². The van der Waals surface area contributed by atoms with Crippen molar-refractivity contribution in [3.63, 3.8) is 0 Å². The third kappa shape index (κ3) is 8.96. The normalized spacial score (nSPS) is 19.7. The van der Waals surface area contributed by atoms with Crippen LogP contribution in [0.1, 0.15) is 63.4 Å². The zero-order valence-corrected chi connectivity index (χ0v) is 20.9. The second-order valence-electron chi connectivity index (χ2n) is 10.2. The molecule has 0 spiro atoms. The highest BCUT2D eigenvalue weighted by molar-refractivity contribution is 5.31. The largest absolute Gasteiger partial charge is 0.494 e. The molecule has 1 unspecified atom stereocenters. The summed E-state index contributed by atoms with van der Waals surface area (Å²) in [5.41, 5.74) is 1.18. The van der Waals surface area contributed by atoms with Gasteiger partial charge in [-0.2, -0.15) is 0 Å². The Morgan fingerprint density at radius 1 is 0.765 bits per heavy atom. The van der Waals surface area contributed by atoms with E-state index in [1.807, 2.05) is 42.5 Å². The Kier molecular flexibility index (Phi) is 10.6. The van der Waals surface area contributed by atoms with Gasteiger partial charge in [-0.3, -0.25) is 0 Å². The zero-order valence-electron chi connectivity index (χ0n) is 20.9. The van der Waals surface area contributed by atoms with E-state index in [9.17, 15) is 0 Å². The van der Waals surface area contributed by atoms with Gasteiger partial charge in [-0.15, -0.1) is 0 Å². The van der Waals surface area contributed by atoms with Gasteiger partial charge in [0.15, 0.2) is 0 Å². The first-order chi connectivity index (χ1) is 16.8. The third-order valence-electron chi connectivity index (χ3n) is 7.56. The molecule has 0 bridgehead atoms. The van der Waals surface area contributed by atoms with Crippen LogP contribution in [-0.2, 0) is 6.61 Å². The average molecular weight is 465 g/mol. The molecule has 2 saturated heterocycles. The summed E-state index contributed by atoms with van der Waals surface area (Å²) in [6.07, 6.45) is 12.3. The monoisotopic (exact) mass is 464 g/mol. The Balaban J connectivity index is 1.02. The number of hydrogen-bond acceptors (Lipinski definition) is 4. The Hall–Kier alpha value is -2.04. The van der Waals surface area contributed by atoms with Gasteiger partial charge in [-0.25, -0.2) is 0 Å². The summed E-state index contributed by atoms with van der Waals surface area (Å²) in [5.74, 6) is 3.57. The number of likely N-dealkylation sites (tertiary alicyclic amines) is 1. The second kappa shape index (κ2) is 14.4. The maximum Gasteiger partial charge on any atom is 0.120 e. The molecular formula is C30H44N2O2. The van der Waals surface area contributed by atoms with Gasteiger partial charge < -0.3 is 19.7 Å². The molecule has 1 atom stereocenters. The topological polar surface area (TPSA) is 33.7 Å².